The number of nitrogens with zero attached hydrogens (tertiary/aromatic N) is 1. The summed E-state index contributed by atoms with van der Waals surface area (Å²) < 4.78 is 80.2. The van der Waals surface area contributed by atoms with E-state index >= 15 is 0 Å². The predicted molar refractivity (Wildman–Crippen MR) is 210 cm³/mol. The molecular formula is C48H33NO. The molecule has 9 rings (SSSR count). The van der Waals surface area contributed by atoms with Gasteiger partial charge in [-0.1, -0.05) is 145 Å². The molecule has 0 atom stereocenters. The summed E-state index contributed by atoms with van der Waals surface area (Å²) in [6, 6.07) is 44.0. The Bertz CT molecular complexity index is 2960. The number of hydrogen-bond acceptors (Lipinski definition) is 2. The highest BCUT2D eigenvalue weighted by Gasteiger charge is 2.15. The topological polar surface area (TPSA) is 16.4 Å². The van der Waals surface area contributed by atoms with Crippen LogP contribution in [0.5, 0.6) is 0 Å². The molecule has 0 aliphatic heterocycles. The van der Waals surface area contributed by atoms with E-state index in [1.807, 2.05) is 97.1 Å². The summed E-state index contributed by atoms with van der Waals surface area (Å²) in [7, 11) is 0. The zero-order valence-corrected chi connectivity index (χ0v) is 26.8. The standard InChI is InChI=1S/C48H33NO/c1-3-9-34(10-4-1)36-15-17-37(18-16-36)39-21-28-43(29-22-39)49(42-26-19-38(20-27-42)35-11-5-2-6-12-35)44-30-23-40(24-31-44)41-25-32-46-45-13-7-8-14-47(45)50-48(46)33-41/h1-33H/i19D,20D,21D,22D,26D,27D,28D,29D. The van der Waals surface area contributed by atoms with E-state index in [-0.39, 0.29) is 46.7 Å². The van der Waals surface area contributed by atoms with Crippen LogP contribution >= 0.6 is 0 Å². The summed E-state index contributed by atoms with van der Waals surface area (Å²) in [4.78, 5) is 1.32. The predicted octanol–water partition coefficient (Wildman–Crippen LogP) is 13.7. The van der Waals surface area contributed by atoms with E-state index in [0.717, 1.165) is 44.2 Å². The fourth-order valence-corrected chi connectivity index (χ4v) is 6.27. The third-order valence-electron chi connectivity index (χ3n) is 8.85. The van der Waals surface area contributed by atoms with Crippen LogP contribution in [0.15, 0.2) is 204 Å². The molecule has 9 aromatic rings. The van der Waals surface area contributed by atoms with Gasteiger partial charge in [-0.25, -0.2) is 0 Å². The third kappa shape index (κ3) is 5.63. The largest absolute Gasteiger partial charge is 0.456 e. The number of para-hydroxylation sites is 1. The Kier molecular flexibility index (Phi) is 5.63. The van der Waals surface area contributed by atoms with E-state index in [9.17, 15) is 8.22 Å². The van der Waals surface area contributed by atoms with E-state index in [2.05, 4.69) is 0 Å². The Labute approximate surface area is 303 Å². The molecule has 0 saturated carbocycles. The Hall–Kier alpha value is -6.64. The van der Waals surface area contributed by atoms with Gasteiger partial charge in [-0.3, -0.25) is 0 Å². The van der Waals surface area contributed by atoms with E-state index in [1.54, 1.807) is 54.6 Å². The fraction of sp³-hybridized carbons (Fsp3) is 0. The van der Waals surface area contributed by atoms with Crippen molar-refractivity contribution < 1.29 is 15.4 Å². The smallest absolute Gasteiger partial charge is 0.136 e. The second-order valence-electron chi connectivity index (χ2n) is 11.9. The first-order chi connectivity index (χ1) is 28.1. The third-order valence-corrected chi connectivity index (χ3v) is 8.85. The Balaban J connectivity index is 1.21. The maximum absolute atomic E-state index is 9.39. The molecule has 0 radical (unpaired) electrons. The minimum atomic E-state index is -0.397. The van der Waals surface area contributed by atoms with E-state index in [4.69, 9.17) is 7.16 Å². The lowest BCUT2D eigenvalue weighted by Gasteiger charge is -2.26. The molecule has 1 heterocycles. The Morgan fingerprint density at radius 2 is 0.740 bits per heavy atom. The number of benzene rings is 8. The number of furan rings is 1. The molecule has 0 saturated heterocycles. The molecule has 2 nitrogen and oxygen atoms in total. The summed E-state index contributed by atoms with van der Waals surface area (Å²) in [5.74, 6) is 0. The van der Waals surface area contributed by atoms with Crippen molar-refractivity contribution in [2.45, 2.75) is 0 Å². The lowest BCUT2D eigenvalue weighted by atomic mass is 10.00. The van der Waals surface area contributed by atoms with Crippen molar-refractivity contribution in [1.29, 1.82) is 0 Å². The van der Waals surface area contributed by atoms with Crippen LogP contribution in [-0.2, 0) is 0 Å². The minimum Gasteiger partial charge on any atom is -0.456 e. The highest BCUT2D eigenvalue weighted by atomic mass is 16.3. The molecule has 0 amide bonds. The van der Waals surface area contributed by atoms with Crippen molar-refractivity contribution in [1.82, 2.24) is 0 Å². The van der Waals surface area contributed by atoms with Crippen LogP contribution in [0, 0.1) is 0 Å². The molecule has 236 valence electrons. The summed E-state index contributed by atoms with van der Waals surface area (Å²) in [5, 5.41) is 2.01. The maximum atomic E-state index is 9.39. The second kappa shape index (κ2) is 12.8. The van der Waals surface area contributed by atoms with Crippen LogP contribution in [0.25, 0.3) is 66.4 Å². The van der Waals surface area contributed by atoms with E-state index < -0.39 is 24.2 Å². The van der Waals surface area contributed by atoms with Gasteiger partial charge in [-0.05, 0) is 99.0 Å². The van der Waals surface area contributed by atoms with E-state index in [1.165, 1.54) is 4.90 Å². The fourth-order valence-electron chi connectivity index (χ4n) is 6.27. The summed E-state index contributed by atoms with van der Waals surface area (Å²) in [5.41, 5.74) is 6.28. The van der Waals surface area contributed by atoms with Crippen LogP contribution in [0.4, 0.5) is 17.1 Å². The first-order valence-corrected chi connectivity index (χ1v) is 16.4. The number of rotatable bonds is 7. The quantitative estimate of drug-likeness (QED) is 0.171. The van der Waals surface area contributed by atoms with Crippen molar-refractivity contribution >= 4 is 39.0 Å². The monoisotopic (exact) mass is 647 g/mol. The minimum absolute atomic E-state index is 0.105. The lowest BCUT2D eigenvalue weighted by molar-refractivity contribution is 0.669. The van der Waals surface area contributed by atoms with Gasteiger partial charge >= 0.3 is 0 Å². The normalized spacial score (nSPS) is 13.4. The van der Waals surface area contributed by atoms with Gasteiger partial charge in [0, 0.05) is 27.8 Å². The molecule has 0 bridgehead atoms. The van der Waals surface area contributed by atoms with Crippen molar-refractivity contribution in [2.75, 3.05) is 4.90 Å². The Morgan fingerprint density at radius 1 is 0.320 bits per heavy atom. The van der Waals surface area contributed by atoms with Gasteiger partial charge in [0.25, 0.3) is 0 Å². The van der Waals surface area contributed by atoms with Gasteiger partial charge in [0.1, 0.15) is 11.2 Å². The maximum Gasteiger partial charge on any atom is 0.136 e. The van der Waals surface area contributed by atoms with Gasteiger partial charge in [-0.15, -0.1) is 0 Å². The summed E-state index contributed by atoms with van der Waals surface area (Å²) in [6.07, 6.45) is 0. The van der Waals surface area contributed by atoms with Crippen molar-refractivity contribution in [3.63, 3.8) is 0 Å². The highest BCUT2D eigenvalue weighted by Crippen LogP contribution is 2.39. The van der Waals surface area contributed by atoms with Crippen LogP contribution in [0.1, 0.15) is 11.0 Å². The first kappa shape index (κ1) is 22.1. The van der Waals surface area contributed by atoms with Gasteiger partial charge in [-0.2, -0.15) is 0 Å². The second-order valence-corrected chi connectivity index (χ2v) is 11.9. The van der Waals surface area contributed by atoms with Gasteiger partial charge < -0.3 is 9.32 Å². The van der Waals surface area contributed by atoms with Crippen molar-refractivity contribution in [3.8, 4) is 44.5 Å². The molecule has 0 aliphatic carbocycles. The molecule has 0 fully saturated rings. The average Bonchev–Trinajstić information content (AvgIpc) is 3.64. The van der Waals surface area contributed by atoms with Crippen LogP contribution in [-0.4, -0.2) is 0 Å². The van der Waals surface area contributed by atoms with Gasteiger partial charge in [0.15, 0.2) is 0 Å². The van der Waals surface area contributed by atoms with Crippen LogP contribution < -0.4 is 4.90 Å². The molecule has 0 aliphatic rings. The van der Waals surface area contributed by atoms with Gasteiger partial charge in [0.2, 0.25) is 0 Å². The molecular weight excluding hydrogens is 607 g/mol. The number of fused-ring (bicyclic) bond motifs is 3. The zero-order chi connectivity index (χ0) is 40.2. The summed E-state index contributed by atoms with van der Waals surface area (Å²) in [6.45, 7) is 0. The van der Waals surface area contributed by atoms with Crippen LogP contribution in [0.3, 0.4) is 0 Å². The molecule has 1 aromatic heterocycles. The van der Waals surface area contributed by atoms with E-state index in [0.29, 0.717) is 16.8 Å². The zero-order valence-electron chi connectivity index (χ0n) is 34.8. The average molecular weight is 648 g/mol. The highest BCUT2D eigenvalue weighted by molar-refractivity contribution is 6.05. The number of hydrogen-bond donors (Lipinski definition) is 0. The molecule has 0 N–H and O–H groups in total. The molecule has 0 unspecified atom stereocenters. The molecule has 2 heteroatoms. The molecule has 50 heavy (non-hydrogen) atoms. The molecule has 0 spiro atoms. The lowest BCUT2D eigenvalue weighted by Crippen LogP contribution is -2.09. The molecule has 8 aromatic carbocycles. The van der Waals surface area contributed by atoms with Crippen molar-refractivity contribution in [2.24, 2.45) is 0 Å². The Morgan fingerprint density at radius 3 is 1.34 bits per heavy atom. The number of anilines is 3. The van der Waals surface area contributed by atoms with Crippen molar-refractivity contribution in [3.05, 3.63) is 200 Å². The SMILES string of the molecule is [2H]c1c([2H])c(N(c2ccc(-c3ccc4c(c3)oc3ccccc34)cc2)c2c([2H])c([2H])c(-c3ccc(-c4ccccc4)cc3)c([2H])c2[2H])c([2H])c([2H])c1-c1ccccc1. The van der Waals surface area contributed by atoms with Crippen LogP contribution in [0.2, 0.25) is 0 Å². The first-order valence-electron chi connectivity index (χ1n) is 20.4. The summed E-state index contributed by atoms with van der Waals surface area (Å²) >= 11 is 0. The van der Waals surface area contributed by atoms with Gasteiger partial charge in [0.05, 0.1) is 11.0 Å².